The third-order valence-electron chi connectivity index (χ3n) is 11.6. The molecule has 3 aliphatic heterocycles. The maximum atomic E-state index is 13.3. The summed E-state index contributed by atoms with van der Waals surface area (Å²) in [6, 6.07) is 7.96. The number of ether oxygens (including phenoxy) is 2. The normalized spacial score (nSPS) is 17.9. The molecule has 0 saturated carbocycles. The third-order valence-corrected chi connectivity index (χ3v) is 11.6. The summed E-state index contributed by atoms with van der Waals surface area (Å²) >= 11 is 0. The van der Waals surface area contributed by atoms with Crippen molar-refractivity contribution in [3.05, 3.63) is 74.0 Å². The van der Waals surface area contributed by atoms with Gasteiger partial charge >= 0.3 is 0 Å². The Hall–Kier alpha value is -6.09. The fourth-order valence-corrected chi connectivity index (χ4v) is 8.50. The van der Waals surface area contributed by atoms with E-state index in [1.807, 2.05) is 32.1 Å². The van der Waals surface area contributed by atoms with Crippen molar-refractivity contribution in [3.8, 4) is 22.6 Å². The number of carbonyl (C=O) groups excluding carboxylic acids is 5. The quantitative estimate of drug-likeness (QED) is 0.0981. The van der Waals surface area contributed by atoms with E-state index in [-0.39, 0.29) is 35.4 Å². The molecule has 3 aromatic rings. The summed E-state index contributed by atoms with van der Waals surface area (Å²) in [6.07, 6.45) is 11.1. The predicted octanol–water partition coefficient (Wildman–Crippen LogP) is 3.10. The number of nitrogens with zero attached hydrogens (tertiary/aromatic N) is 4. The van der Waals surface area contributed by atoms with Crippen molar-refractivity contribution in [2.75, 3.05) is 45.7 Å². The topological polar surface area (TPSA) is 181 Å². The van der Waals surface area contributed by atoms with Crippen molar-refractivity contribution in [3.63, 3.8) is 0 Å². The highest BCUT2D eigenvalue weighted by Gasteiger charge is 2.46. The zero-order chi connectivity index (χ0) is 43.1. The van der Waals surface area contributed by atoms with Crippen LogP contribution in [0.1, 0.15) is 91.5 Å². The van der Waals surface area contributed by atoms with E-state index in [1.165, 1.54) is 10.8 Å². The van der Waals surface area contributed by atoms with Gasteiger partial charge in [0.15, 0.2) is 0 Å². The van der Waals surface area contributed by atoms with Crippen LogP contribution in [-0.4, -0.2) is 97.1 Å². The summed E-state index contributed by atoms with van der Waals surface area (Å²) in [5.74, 6) is -0.728. The van der Waals surface area contributed by atoms with Crippen molar-refractivity contribution >= 4 is 54.2 Å². The van der Waals surface area contributed by atoms with Gasteiger partial charge < -0.3 is 24.7 Å². The SMILES string of the molecule is C=N/C=c1/c(=O)n(C)cc(-c2cc(OC)c(CN3CC(C)(C(=O)NCCCCCCCCNc4cccc5c4C(=O)N(C4CCC(=O)NC4=O)C5=O)C3)c(OC)c2)/c1=C/C. The Morgan fingerprint density at radius 3 is 2.25 bits per heavy atom. The van der Waals surface area contributed by atoms with Crippen molar-refractivity contribution in [1.82, 2.24) is 25.0 Å². The summed E-state index contributed by atoms with van der Waals surface area (Å²) in [5.41, 5.74) is 2.95. The highest BCUT2D eigenvalue weighted by molar-refractivity contribution is 6.25. The fourth-order valence-electron chi connectivity index (χ4n) is 8.50. The number of piperidine rings is 1. The van der Waals surface area contributed by atoms with Crippen molar-refractivity contribution in [2.24, 2.45) is 17.5 Å². The van der Waals surface area contributed by atoms with E-state index in [1.54, 1.807) is 45.7 Å². The average Bonchev–Trinajstić information content (AvgIpc) is 3.48. The number of hydrogen-bond donors (Lipinski definition) is 3. The average molecular weight is 822 g/mol. The molecule has 0 bridgehead atoms. The van der Waals surface area contributed by atoms with Crippen LogP contribution in [0.4, 0.5) is 5.69 Å². The fraction of sp³-hybridized carbons (Fsp3) is 0.444. The van der Waals surface area contributed by atoms with Gasteiger partial charge in [0.1, 0.15) is 17.5 Å². The van der Waals surface area contributed by atoms with Gasteiger partial charge in [-0.3, -0.25) is 48.9 Å². The third kappa shape index (κ3) is 8.91. The number of carbonyl (C=O) groups is 5. The van der Waals surface area contributed by atoms with Crippen LogP contribution in [0.2, 0.25) is 0 Å². The van der Waals surface area contributed by atoms with Gasteiger partial charge in [-0.25, -0.2) is 0 Å². The van der Waals surface area contributed by atoms with E-state index in [2.05, 4.69) is 32.6 Å². The zero-order valence-corrected chi connectivity index (χ0v) is 35.2. The molecule has 15 heteroatoms. The number of nitrogens with one attached hydrogen (secondary N) is 3. The summed E-state index contributed by atoms with van der Waals surface area (Å²) < 4.78 is 13.2. The second kappa shape index (κ2) is 18.9. The van der Waals surface area contributed by atoms with Gasteiger partial charge in [0, 0.05) is 69.8 Å². The Kier molecular flexibility index (Phi) is 13.7. The minimum Gasteiger partial charge on any atom is -0.496 e. The number of anilines is 1. The first kappa shape index (κ1) is 43.5. The van der Waals surface area contributed by atoms with E-state index in [9.17, 15) is 28.8 Å². The number of fused-ring (bicyclic) bond motifs is 1. The molecule has 0 radical (unpaired) electrons. The predicted molar refractivity (Wildman–Crippen MR) is 229 cm³/mol. The molecule has 3 N–H and O–H groups in total. The van der Waals surface area contributed by atoms with Crippen LogP contribution in [0.5, 0.6) is 11.5 Å². The molecule has 4 heterocycles. The number of aliphatic imine (C=N–C) groups is 1. The molecule has 1 atom stereocenters. The largest absolute Gasteiger partial charge is 0.496 e. The lowest BCUT2D eigenvalue weighted by atomic mass is 9.80. The van der Waals surface area contributed by atoms with Crippen molar-refractivity contribution < 1.29 is 33.4 Å². The van der Waals surface area contributed by atoms with Gasteiger partial charge in [-0.05, 0) is 74.9 Å². The molecule has 2 aromatic carbocycles. The van der Waals surface area contributed by atoms with Gasteiger partial charge in [-0.1, -0.05) is 37.8 Å². The standard InChI is InChI=1S/C45H55N7O8/c1-7-29-31(23-46-3)41(55)50(4)24-32(29)28-21-36(59-5)33(37(22-28)60-6)25-51-26-45(2,27-51)44(58)48-20-13-11-9-8-10-12-19-47-34-16-14-15-30-39(34)43(57)52(42(30)56)35-17-18-38(53)49-40(35)54/h7,14-16,21-24,35,47H,3,8-13,17-20,25-27H2,1-2,4-6H3,(H,48,58)(H,49,53,54)/b29-7+,31-23+. The highest BCUT2D eigenvalue weighted by Crippen LogP contribution is 2.39. The molecule has 15 nitrogen and oxygen atoms in total. The Balaban J connectivity index is 0.913. The molecule has 3 aliphatic rings. The van der Waals surface area contributed by atoms with E-state index in [0.717, 1.165) is 65.3 Å². The monoisotopic (exact) mass is 821 g/mol. The minimum atomic E-state index is -0.996. The number of methoxy groups -OCH3 is 2. The summed E-state index contributed by atoms with van der Waals surface area (Å²) in [5, 5.41) is 9.86. The lowest BCUT2D eigenvalue weighted by Gasteiger charge is -2.47. The molecule has 0 aliphatic carbocycles. The van der Waals surface area contributed by atoms with Crippen LogP contribution in [0.3, 0.4) is 0 Å². The summed E-state index contributed by atoms with van der Waals surface area (Å²) in [7, 11) is 4.94. The van der Waals surface area contributed by atoms with Gasteiger partial charge in [0.2, 0.25) is 17.7 Å². The van der Waals surface area contributed by atoms with Gasteiger partial charge in [0.25, 0.3) is 17.4 Å². The zero-order valence-electron chi connectivity index (χ0n) is 35.2. The van der Waals surface area contributed by atoms with Gasteiger partial charge in [0.05, 0.1) is 41.5 Å². The molecular weight excluding hydrogens is 767 g/mol. The lowest BCUT2D eigenvalue weighted by Crippen LogP contribution is -2.61. The first-order valence-electron chi connectivity index (χ1n) is 20.5. The highest BCUT2D eigenvalue weighted by atomic mass is 16.5. The van der Waals surface area contributed by atoms with E-state index >= 15 is 0 Å². The van der Waals surface area contributed by atoms with Crippen LogP contribution in [0, 0.1) is 5.41 Å². The molecule has 318 valence electrons. The van der Waals surface area contributed by atoms with Gasteiger partial charge in [-0.2, -0.15) is 0 Å². The van der Waals surface area contributed by atoms with E-state index in [0.29, 0.717) is 55.1 Å². The van der Waals surface area contributed by atoms with Crippen molar-refractivity contribution in [1.29, 1.82) is 0 Å². The number of imide groups is 2. The van der Waals surface area contributed by atoms with Gasteiger partial charge in [-0.15, -0.1) is 0 Å². The lowest BCUT2D eigenvalue weighted by molar-refractivity contribution is -0.140. The number of hydrogen-bond acceptors (Lipinski definition) is 11. The number of aryl methyl sites for hydroxylation is 1. The first-order chi connectivity index (χ1) is 28.8. The van der Waals surface area contributed by atoms with E-state index in [4.69, 9.17) is 9.47 Å². The number of pyridine rings is 1. The van der Waals surface area contributed by atoms with Crippen LogP contribution in [0.15, 0.2) is 46.3 Å². The number of aromatic nitrogens is 1. The maximum absolute atomic E-state index is 13.3. The van der Waals surface area contributed by atoms with Crippen LogP contribution < -0.4 is 41.4 Å². The minimum absolute atomic E-state index is 0.0477. The molecule has 1 aromatic heterocycles. The number of benzene rings is 2. The summed E-state index contributed by atoms with van der Waals surface area (Å²) in [6.45, 7) is 10.4. The number of unbranched alkanes of at least 4 members (excludes halogenated alkanes) is 5. The Morgan fingerprint density at radius 2 is 1.62 bits per heavy atom. The Labute approximate surface area is 349 Å². The second-order valence-corrected chi connectivity index (χ2v) is 15.9. The second-order valence-electron chi connectivity index (χ2n) is 15.9. The maximum Gasteiger partial charge on any atom is 0.264 e. The van der Waals surface area contributed by atoms with Crippen LogP contribution in [-0.2, 0) is 28.0 Å². The Bertz CT molecular complexity index is 2360. The molecule has 60 heavy (non-hydrogen) atoms. The van der Waals surface area contributed by atoms with E-state index < -0.39 is 35.1 Å². The van der Waals surface area contributed by atoms with Crippen molar-refractivity contribution in [2.45, 2.75) is 77.8 Å². The molecule has 2 saturated heterocycles. The molecule has 1 unspecified atom stereocenters. The molecule has 5 amide bonds. The van der Waals surface area contributed by atoms with Crippen LogP contribution in [0.25, 0.3) is 23.4 Å². The number of rotatable bonds is 18. The molecule has 6 rings (SSSR count). The molecule has 0 spiro atoms. The smallest absolute Gasteiger partial charge is 0.264 e. The van der Waals surface area contributed by atoms with Crippen LogP contribution >= 0.6 is 0 Å². The molecule has 2 fully saturated rings. The number of amides is 5. The first-order valence-corrected chi connectivity index (χ1v) is 20.5. The number of likely N-dealkylation sites (tertiary alicyclic amines) is 1. The summed E-state index contributed by atoms with van der Waals surface area (Å²) in [4.78, 5) is 83.5. The molecular formula is C45H55N7O8. The Morgan fingerprint density at radius 1 is 0.950 bits per heavy atom.